The molecule has 25 heavy (non-hydrogen) atoms. The first kappa shape index (κ1) is 15.6. The fourth-order valence-corrected chi connectivity index (χ4v) is 2.98. The van der Waals surface area contributed by atoms with E-state index in [4.69, 9.17) is 4.74 Å². The third-order valence-corrected chi connectivity index (χ3v) is 4.21. The Kier molecular flexibility index (Phi) is 3.85. The number of ether oxygens (including phenoxy) is 1. The molecule has 3 N–H and O–H groups in total. The molecule has 2 aromatic carbocycles. The van der Waals surface area contributed by atoms with E-state index in [1.54, 1.807) is 18.2 Å². The maximum Gasteiger partial charge on any atom is 0.262 e. The Balaban J connectivity index is 1.60. The largest absolute Gasteiger partial charge is 0.507 e. The predicted octanol–water partition coefficient (Wildman–Crippen LogP) is 3.51. The van der Waals surface area contributed by atoms with Crippen LogP contribution in [0.4, 0.5) is 10.1 Å². The number of nitrogens with zero attached hydrogens (tertiary/aromatic N) is 1. The Morgan fingerprint density at radius 1 is 1.36 bits per heavy atom. The van der Waals surface area contributed by atoms with E-state index in [2.05, 4.69) is 15.3 Å². The van der Waals surface area contributed by atoms with Gasteiger partial charge < -0.3 is 20.1 Å². The Hall–Kier alpha value is -2.93. The van der Waals surface area contributed by atoms with Crippen LogP contribution < -0.4 is 5.32 Å². The number of hydrogen-bond donors (Lipinski definition) is 3. The summed E-state index contributed by atoms with van der Waals surface area (Å²) in [5.41, 5.74) is 1.60. The van der Waals surface area contributed by atoms with Gasteiger partial charge in [0.2, 0.25) is 0 Å². The molecule has 1 amide bonds. The van der Waals surface area contributed by atoms with Gasteiger partial charge >= 0.3 is 0 Å². The van der Waals surface area contributed by atoms with Crippen LogP contribution in [-0.4, -0.2) is 27.6 Å². The average molecular weight is 341 g/mol. The molecule has 128 valence electrons. The molecule has 1 aliphatic rings. The molecule has 4 rings (SSSR count). The molecule has 0 radical (unpaired) electrons. The highest BCUT2D eigenvalue weighted by atomic mass is 19.1. The van der Waals surface area contributed by atoms with Crippen molar-refractivity contribution in [2.75, 3.05) is 11.9 Å². The number of aromatic amines is 1. The summed E-state index contributed by atoms with van der Waals surface area (Å²) in [7, 11) is 0. The molecule has 1 fully saturated rings. The second-order valence-electron chi connectivity index (χ2n) is 5.94. The molecule has 0 spiro atoms. The monoisotopic (exact) mass is 341 g/mol. The lowest BCUT2D eigenvalue weighted by Gasteiger charge is -2.07. The minimum absolute atomic E-state index is 0.0270. The van der Waals surface area contributed by atoms with E-state index >= 15 is 0 Å². The maximum atomic E-state index is 13.8. The Bertz CT molecular complexity index is 928. The lowest BCUT2D eigenvalue weighted by atomic mass is 10.1. The number of nitrogens with one attached hydrogen (secondary N) is 2. The Morgan fingerprint density at radius 2 is 2.24 bits per heavy atom. The van der Waals surface area contributed by atoms with Crippen molar-refractivity contribution in [1.29, 1.82) is 0 Å². The van der Waals surface area contributed by atoms with Crippen LogP contribution in [0.25, 0.3) is 11.0 Å². The van der Waals surface area contributed by atoms with Gasteiger partial charge in [-0.1, -0.05) is 6.07 Å². The minimum atomic E-state index is -0.777. The summed E-state index contributed by atoms with van der Waals surface area (Å²) >= 11 is 0. The highest BCUT2D eigenvalue weighted by molar-refractivity contribution is 6.06. The van der Waals surface area contributed by atoms with Crippen molar-refractivity contribution >= 4 is 22.6 Å². The number of carbonyl (C=O) groups excluding carboxylic acids is 1. The molecule has 0 aliphatic carbocycles. The van der Waals surface area contributed by atoms with Crippen molar-refractivity contribution in [1.82, 2.24) is 9.97 Å². The molecule has 7 heteroatoms. The zero-order valence-corrected chi connectivity index (χ0v) is 13.3. The number of hydrogen-bond acceptors (Lipinski definition) is 4. The van der Waals surface area contributed by atoms with Gasteiger partial charge in [-0.25, -0.2) is 9.37 Å². The molecule has 1 aromatic heterocycles. The normalized spacial score (nSPS) is 17.1. The molecule has 1 unspecified atom stereocenters. The highest BCUT2D eigenvalue weighted by Crippen LogP contribution is 2.29. The third kappa shape index (κ3) is 2.94. The summed E-state index contributed by atoms with van der Waals surface area (Å²) in [5, 5.41) is 12.3. The van der Waals surface area contributed by atoms with E-state index in [-0.39, 0.29) is 11.7 Å². The Labute approximate surface area is 142 Å². The summed E-state index contributed by atoms with van der Waals surface area (Å²) in [6.07, 6.45) is 1.91. The number of phenols is 1. The van der Waals surface area contributed by atoms with Gasteiger partial charge in [0.25, 0.3) is 5.91 Å². The maximum absolute atomic E-state index is 13.8. The molecule has 2 heterocycles. The van der Waals surface area contributed by atoms with E-state index in [1.807, 2.05) is 0 Å². The van der Waals surface area contributed by atoms with Crippen molar-refractivity contribution < 1.29 is 19.0 Å². The first-order valence-corrected chi connectivity index (χ1v) is 8.02. The summed E-state index contributed by atoms with van der Waals surface area (Å²) in [5.74, 6) is -1.13. The molecular weight excluding hydrogens is 325 g/mol. The number of H-pyrrole nitrogens is 1. The molecule has 3 aromatic rings. The lowest BCUT2D eigenvalue weighted by Crippen LogP contribution is -2.13. The first-order valence-electron chi connectivity index (χ1n) is 8.02. The second-order valence-corrected chi connectivity index (χ2v) is 5.94. The number of rotatable bonds is 3. The van der Waals surface area contributed by atoms with Crippen LogP contribution >= 0.6 is 0 Å². The van der Waals surface area contributed by atoms with Gasteiger partial charge in [-0.3, -0.25) is 4.79 Å². The van der Waals surface area contributed by atoms with Gasteiger partial charge in [0.15, 0.2) is 0 Å². The van der Waals surface area contributed by atoms with Crippen molar-refractivity contribution in [3.63, 3.8) is 0 Å². The second kappa shape index (κ2) is 6.18. The number of anilines is 1. The molecule has 0 saturated carbocycles. The van der Waals surface area contributed by atoms with Crippen LogP contribution in [0.15, 0.2) is 36.4 Å². The fraction of sp³-hybridized carbons (Fsp3) is 0.222. The van der Waals surface area contributed by atoms with E-state index in [1.165, 1.54) is 12.1 Å². The quantitative estimate of drug-likeness (QED) is 0.680. The fourth-order valence-electron chi connectivity index (χ4n) is 2.98. The number of carbonyl (C=O) groups is 1. The Morgan fingerprint density at radius 3 is 3.00 bits per heavy atom. The minimum Gasteiger partial charge on any atom is -0.507 e. The molecule has 1 aliphatic heterocycles. The van der Waals surface area contributed by atoms with Crippen LogP contribution in [0.3, 0.4) is 0 Å². The average Bonchev–Trinajstić information content (AvgIpc) is 3.23. The smallest absolute Gasteiger partial charge is 0.262 e. The van der Waals surface area contributed by atoms with Gasteiger partial charge in [0.1, 0.15) is 29.1 Å². The molecular formula is C18H16FN3O3. The van der Waals surface area contributed by atoms with Crippen LogP contribution in [0.1, 0.15) is 35.1 Å². The molecule has 1 saturated heterocycles. The van der Waals surface area contributed by atoms with Crippen molar-refractivity contribution in [3.8, 4) is 5.75 Å². The predicted molar refractivity (Wildman–Crippen MR) is 90.0 cm³/mol. The SMILES string of the molecule is O=C(Nc1ccc2nc(C3CCCO3)[nH]c2c1)c1c(O)cccc1F. The summed E-state index contributed by atoms with van der Waals surface area (Å²) in [4.78, 5) is 20.0. The summed E-state index contributed by atoms with van der Waals surface area (Å²) < 4.78 is 19.4. The number of aromatic nitrogens is 2. The standard InChI is InChI=1S/C18H16FN3O3/c19-11-3-1-4-14(23)16(11)18(24)20-10-6-7-12-13(9-10)22-17(21-12)15-5-2-8-25-15/h1,3-4,6-7,9,15,23H,2,5,8H2,(H,20,24)(H,21,22). The van der Waals surface area contributed by atoms with Crippen LogP contribution in [0.2, 0.25) is 0 Å². The topological polar surface area (TPSA) is 87.2 Å². The van der Waals surface area contributed by atoms with Crippen molar-refractivity contribution in [3.05, 3.63) is 53.6 Å². The summed E-state index contributed by atoms with van der Waals surface area (Å²) in [6.45, 7) is 0.731. The highest BCUT2D eigenvalue weighted by Gasteiger charge is 2.21. The molecule has 6 nitrogen and oxygen atoms in total. The van der Waals surface area contributed by atoms with E-state index in [0.717, 1.165) is 42.4 Å². The number of amides is 1. The van der Waals surface area contributed by atoms with E-state index in [9.17, 15) is 14.3 Å². The number of imidazole rings is 1. The van der Waals surface area contributed by atoms with Crippen LogP contribution in [0.5, 0.6) is 5.75 Å². The first-order chi connectivity index (χ1) is 12.1. The van der Waals surface area contributed by atoms with E-state index < -0.39 is 17.5 Å². The zero-order valence-electron chi connectivity index (χ0n) is 13.3. The van der Waals surface area contributed by atoms with Gasteiger partial charge in [-0.05, 0) is 43.2 Å². The summed E-state index contributed by atoms with van der Waals surface area (Å²) in [6, 6.07) is 8.89. The van der Waals surface area contributed by atoms with Gasteiger partial charge in [-0.15, -0.1) is 0 Å². The number of aromatic hydroxyl groups is 1. The van der Waals surface area contributed by atoms with Gasteiger partial charge in [0.05, 0.1) is 11.0 Å². The number of fused-ring (bicyclic) bond motifs is 1. The van der Waals surface area contributed by atoms with Crippen LogP contribution in [-0.2, 0) is 4.74 Å². The van der Waals surface area contributed by atoms with Crippen molar-refractivity contribution in [2.45, 2.75) is 18.9 Å². The van der Waals surface area contributed by atoms with Gasteiger partial charge in [-0.2, -0.15) is 0 Å². The number of halogens is 1. The number of phenolic OH excluding ortho intramolecular Hbond substituents is 1. The molecule has 1 atom stereocenters. The van der Waals surface area contributed by atoms with E-state index in [0.29, 0.717) is 5.69 Å². The zero-order chi connectivity index (χ0) is 17.4. The third-order valence-electron chi connectivity index (χ3n) is 4.21. The van der Waals surface area contributed by atoms with Gasteiger partial charge in [0, 0.05) is 12.3 Å². The van der Waals surface area contributed by atoms with Crippen LogP contribution in [0, 0.1) is 5.82 Å². The lowest BCUT2D eigenvalue weighted by molar-refractivity contribution is 0.102. The molecule has 0 bridgehead atoms. The number of benzene rings is 2. The van der Waals surface area contributed by atoms with Crippen molar-refractivity contribution in [2.24, 2.45) is 0 Å².